The first-order valence-electron chi connectivity index (χ1n) is 26.5. The molecule has 0 aliphatic rings. The summed E-state index contributed by atoms with van der Waals surface area (Å²) in [6.07, 6.45) is 73.2. The van der Waals surface area contributed by atoms with Crippen molar-refractivity contribution < 1.29 is 28.6 Å². The van der Waals surface area contributed by atoms with E-state index in [-0.39, 0.29) is 31.1 Å². The Labute approximate surface area is 405 Å². The predicted molar refractivity (Wildman–Crippen MR) is 283 cm³/mol. The van der Waals surface area contributed by atoms with E-state index in [4.69, 9.17) is 14.2 Å². The molecule has 6 nitrogen and oxygen atoms in total. The zero-order chi connectivity index (χ0) is 47.9. The van der Waals surface area contributed by atoms with Crippen molar-refractivity contribution in [2.75, 3.05) is 13.2 Å². The van der Waals surface area contributed by atoms with Gasteiger partial charge in [0.25, 0.3) is 0 Å². The minimum Gasteiger partial charge on any atom is -0.462 e. The van der Waals surface area contributed by atoms with Crippen LogP contribution in [0.1, 0.15) is 220 Å². The molecular weight excluding hydrogens is 817 g/mol. The summed E-state index contributed by atoms with van der Waals surface area (Å²) in [5.74, 6) is -0.976. The van der Waals surface area contributed by atoms with E-state index in [0.29, 0.717) is 19.3 Å². The number of rotatable bonds is 46. The summed E-state index contributed by atoms with van der Waals surface area (Å²) in [5, 5.41) is 0. The van der Waals surface area contributed by atoms with Gasteiger partial charge >= 0.3 is 17.9 Å². The molecule has 0 fully saturated rings. The van der Waals surface area contributed by atoms with Crippen LogP contribution in [0.4, 0.5) is 0 Å². The van der Waals surface area contributed by atoms with Gasteiger partial charge in [-0.15, -0.1) is 0 Å². The Morgan fingerprint density at radius 2 is 0.591 bits per heavy atom. The molecule has 0 spiro atoms. The van der Waals surface area contributed by atoms with Crippen molar-refractivity contribution in [2.24, 2.45) is 0 Å². The summed E-state index contributed by atoms with van der Waals surface area (Å²) >= 11 is 0. The van der Waals surface area contributed by atoms with Crippen LogP contribution in [0.5, 0.6) is 0 Å². The van der Waals surface area contributed by atoms with E-state index >= 15 is 0 Å². The topological polar surface area (TPSA) is 78.9 Å². The lowest BCUT2D eigenvalue weighted by atomic mass is 10.1. The summed E-state index contributed by atoms with van der Waals surface area (Å²) in [7, 11) is 0. The molecule has 0 bridgehead atoms. The molecule has 372 valence electrons. The molecule has 0 heterocycles. The Morgan fingerprint density at radius 1 is 0.318 bits per heavy atom. The SMILES string of the molecule is CC/C=C\C/C=C\C/C=C\C/C=C\C/C=C\CCCCCC(=O)OC[C@@H](COC(=O)CCCCCCC/C=C\C/C=C\CCCC)OC(=O)CCCCCCC/C=C\C/C=C\C/C=C\CC. The van der Waals surface area contributed by atoms with Gasteiger partial charge in [0.1, 0.15) is 13.2 Å². The fraction of sp³-hybridized carbons (Fsp3) is 0.617. The van der Waals surface area contributed by atoms with Crippen LogP contribution in [0.3, 0.4) is 0 Å². The maximum Gasteiger partial charge on any atom is 0.306 e. The van der Waals surface area contributed by atoms with Gasteiger partial charge in [-0.25, -0.2) is 0 Å². The molecule has 0 amide bonds. The molecule has 0 aromatic carbocycles. The van der Waals surface area contributed by atoms with Gasteiger partial charge in [-0.05, 0) is 122 Å². The second-order valence-electron chi connectivity index (χ2n) is 17.0. The molecule has 0 N–H and O–H groups in total. The van der Waals surface area contributed by atoms with Crippen molar-refractivity contribution in [3.63, 3.8) is 0 Å². The molecule has 1 atom stereocenters. The lowest BCUT2D eigenvalue weighted by Crippen LogP contribution is -2.30. The normalized spacial score (nSPS) is 13.1. The van der Waals surface area contributed by atoms with Crippen LogP contribution in [0.15, 0.2) is 122 Å². The predicted octanol–water partition coefficient (Wildman–Crippen LogP) is 17.7. The molecule has 0 aliphatic heterocycles. The first kappa shape index (κ1) is 61.8. The molecule has 0 aromatic rings. The van der Waals surface area contributed by atoms with Crippen molar-refractivity contribution >= 4 is 17.9 Å². The number of ether oxygens (including phenoxy) is 3. The molecule has 0 aliphatic carbocycles. The van der Waals surface area contributed by atoms with E-state index in [0.717, 1.165) is 161 Å². The number of hydrogen-bond donors (Lipinski definition) is 0. The first-order chi connectivity index (χ1) is 32.5. The van der Waals surface area contributed by atoms with E-state index in [1.807, 2.05) is 0 Å². The van der Waals surface area contributed by atoms with Gasteiger partial charge < -0.3 is 14.2 Å². The highest BCUT2D eigenvalue weighted by Crippen LogP contribution is 2.13. The van der Waals surface area contributed by atoms with E-state index in [1.165, 1.54) is 19.3 Å². The van der Waals surface area contributed by atoms with E-state index in [9.17, 15) is 14.4 Å². The van der Waals surface area contributed by atoms with Crippen LogP contribution in [0.25, 0.3) is 0 Å². The van der Waals surface area contributed by atoms with Crippen LogP contribution >= 0.6 is 0 Å². The smallest absolute Gasteiger partial charge is 0.306 e. The monoisotopic (exact) mass is 913 g/mol. The van der Waals surface area contributed by atoms with Crippen LogP contribution in [0, 0.1) is 0 Å². The van der Waals surface area contributed by atoms with Gasteiger partial charge in [0.15, 0.2) is 6.10 Å². The van der Waals surface area contributed by atoms with Crippen LogP contribution in [-0.2, 0) is 28.6 Å². The maximum absolute atomic E-state index is 12.8. The highest BCUT2D eigenvalue weighted by atomic mass is 16.6. The summed E-state index contributed by atoms with van der Waals surface area (Å²) < 4.78 is 16.8. The van der Waals surface area contributed by atoms with Crippen LogP contribution in [-0.4, -0.2) is 37.2 Å². The van der Waals surface area contributed by atoms with Gasteiger partial charge in [0.2, 0.25) is 0 Å². The number of carbonyl (C=O) groups excluding carboxylic acids is 3. The highest BCUT2D eigenvalue weighted by Gasteiger charge is 2.19. The summed E-state index contributed by atoms with van der Waals surface area (Å²) in [6, 6.07) is 0. The van der Waals surface area contributed by atoms with Gasteiger partial charge in [-0.2, -0.15) is 0 Å². The maximum atomic E-state index is 12.8. The second kappa shape index (κ2) is 53.4. The van der Waals surface area contributed by atoms with Gasteiger partial charge in [-0.1, -0.05) is 200 Å². The molecular formula is C60H96O6. The second-order valence-corrected chi connectivity index (χ2v) is 17.0. The third-order valence-electron chi connectivity index (χ3n) is 10.7. The van der Waals surface area contributed by atoms with Crippen molar-refractivity contribution in [3.05, 3.63) is 122 Å². The number of allylic oxidation sites excluding steroid dienone is 20. The van der Waals surface area contributed by atoms with Crippen molar-refractivity contribution in [1.29, 1.82) is 0 Å². The number of esters is 3. The average molecular weight is 913 g/mol. The lowest BCUT2D eigenvalue weighted by molar-refractivity contribution is -0.167. The van der Waals surface area contributed by atoms with Crippen molar-refractivity contribution in [2.45, 2.75) is 226 Å². The van der Waals surface area contributed by atoms with Crippen LogP contribution in [0.2, 0.25) is 0 Å². The fourth-order valence-corrected chi connectivity index (χ4v) is 6.73. The number of carbonyl (C=O) groups is 3. The molecule has 0 saturated carbocycles. The van der Waals surface area contributed by atoms with Crippen molar-refractivity contribution in [3.8, 4) is 0 Å². The quantitative estimate of drug-likeness (QED) is 0.0262. The molecule has 0 saturated heterocycles. The standard InChI is InChI=1S/C60H96O6/c1-4-7-10-13-16-19-22-25-28-29-30-31-33-35-38-41-44-47-50-53-59(62)65-56-57(55-64-58(61)52-49-46-43-40-37-34-27-24-21-18-15-12-9-6-3)66-60(63)54-51-48-45-42-39-36-32-26-23-20-17-14-11-8-5-2/h7-8,10-11,15-20,24-28,30-32,35,38,57H,4-6,9,12-14,21-23,29,33-34,36-37,39-56H2,1-3H3/b10-7-,11-8-,18-15-,19-16-,20-17-,27-24-,28-25-,31-30-,32-26-,38-35-/t57-/m1/s1. The van der Waals surface area contributed by atoms with E-state index in [1.54, 1.807) is 0 Å². The van der Waals surface area contributed by atoms with Gasteiger partial charge in [-0.3, -0.25) is 14.4 Å². The summed E-state index contributed by atoms with van der Waals surface area (Å²) in [5.41, 5.74) is 0. The molecule has 6 heteroatoms. The molecule has 0 aromatic heterocycles. The zero-order valence-corrected chi connectivity index (χ0v) is 42.4. The molecule has 0 unspecified atom stereocenters. The Balaban J connectivity index is 4.51. The van der Waals surface area contributed by atoms with Crippen molar-refractivity contribution in [1.82, 2.24) is 0 Å². The number of unbranched alkanes of at least 4 members (excludes halogenated alkanes) is 15. The lowest BCUT2D eigenvalue weighted by Gasteiger charge is -2.18. The molecule has 66 heavy (non-hydrogen) atoms. The Kier molecular flexibility index (Phi) is 50.0. The Morgan fingerprint density at radius 3 is 0.939 bits per heavy atom. The van der Waals surface area contributed by atoms with Gasteiger partial charge in [0, 0.05) is 19.3 Å². The molecule has 0 rings (SSSR count). The average Bonchev–Trinajstić information content (AvgIpc) is 3.31. The number of hydrogen-bond acceptors (Lipinski definition) is 6. The molecule has 0 radical (unpaired) electrons. The Hall–Kier alpha value is -4.19. The first-order valence-corrected chi connectivity index (χ1v) is 26.5. The largest absolute Gasteiger partial charge is 0.462 e. The third kappa shape index (κ3) is 50.8. The minimum atomic E-state index is -0.810. The highest BCUT2D eigenvalue weighted by molar-refractivity contribution is 5.71. The van der Waals surface area contributed by atoms with E-state index < -0.39 is 6.10 Å². The minimum absolute atomic E-state index is 0.107. The van der Waals surface area contributed by atoms with Crippen LogP contribution < -0.4 is 0 Å². The van der Waals surface area contributed by atoms with E-state index in [2.05, 4.69) is 142 Å². The third-order valence-corrected chi connectivity index (χ3v) is 10.7. The zero-order valence-electron chi connectivity index (χ0n) is 42.4. The summed E-state index contributed by atoms with van der Waals surface area (Å²) in [4.78, 5) is 38.0. The van der Waals surface area contributed by atoms with Gasteiger partial charge in [0.05, 0.1) is 0 Å². The summed E-state index contributed by atoms with van der Waals surface area (Å²) in [6.45, 7) is 6.30. The fourth-order valence-electron chi connectivity index (χ4n) is 6.73. The Bertz CT molecular complexity index is 1420.